The highest BCUT2D eigenvalue weighted by atomic mass is 16.3. The summed E-state index contributed by atoms with van der Waals surface area (Å²) in [6.45, 7) is 6.95. The number of amides is 1. The SMILES string of the molecule is Cc1ccc(C(=O)N2CC(CO)CCC2C)c(C)c1. The number of carbonyl (C=O) groups excluding carboxylic acids is 1. The fourth-order valence-electron chi connectivity index (χ4n) is 2.82. The van der Waals surface area contributed by atoms with Gasteiger partial charge < -0.3 is 10.0 Å². The Balaban J connectivity index is 2.22. The summed E-state index contributed by atoms with van der Waals surface area (Å²) in [6.07, 6.45) is 1.98. The van der Waals surface area contributed by atoms with Crippen LogP contribution in [0.1, 0.15) is 41.3 Å². The van der Waals surface area contributed by atoms with Gasteiger partial charge in [-0.3, -0.25) is 4.79 Å². The first-order valence-electron chi connectivity index (χ1n) is 7.02. The summed E-state index contributed by atoms with van der Waals surface area (Å²) >= 11 is 0. The Labute approximate surface area is 115 Å². The first-order valence-corrected chi connectivity index (χ1v) is 7.02. The van der Waals surface area contributed by atoms with Crippen molar-refractivity contribution in [3.8, 4) is 0 Å². The van der Waals surface area contributed by atoms with Crippen molar-refractivity contribution in [1.82, 2.24) is 4.90 Å². The molecule has 19 heavy (non-hydrogen) atoms. The van der Waals surface area contributed by atoms with Crippen LogP contribution in [0.5, 0.6) is 0 Å². The first-order chi connectivity index (χ1) is 9.02. The maximum Gasteiger partial charge on any atom is 0.254 e. The van der Waals surface area contributed by atoms with E-state index in [4.69, 9.17) is 0 Å². The molecule has 3 nitrogen and oxygen atoms in total. The molecule has 0 saturated carbocycles. The van der Waals surface area contributed by atoms with E-state index < -0.39 is 0 Å². The Kier molecular flexibility index (Phi) is 4.25. The summed E-state index contributed by atoms with van der Waals surface area (Å²) in [7, 11) is 0. The summed E-state index contributed by atoms with van der Waals surface area (Å²) in [5, 5.41) is 9.30. The van der Waals surface area contributed by atoms with Crippen LogP contribution < -0.4 is 0 Å². The smallest absolute Gasteiger partial charge is 0.254 e. The van der Waals surface area contributed by atoms with Gasteiger partial charge in [0.2, 0.25) is 0 Å². The molecule has 1 aliphatic rings. The van der Waals surface area contributed by atoms with Crippen LogP contribution in [0.3, 0.4) is 0 Å². The largest absolute Gasteiger partial charge is 0.396 e. The van der Waals surface area contributed by atoms with Crippen LogP contribution >= 0.6 is 0 Å². The van der Waals surface area contributed by atoms with E-state index in [1.165, 1.54) is 5.56 Å². The molecule has 3 heteroatoms. The second-order valence-corrected chi connectivity index (χ2v) is 5.75. The fourth-order valence-corrected chi connectivity index (χ4v) is 2.82. The number of hydrogen-bond acceptors (Lipinski definition) is 2. The zero-order valence-corrected chi connectivity index (χ0v) is 12.0. The molecule has 0 aromatic heterocycles. The van der Waals surface area contributed by atoms with Gasteiger partial charge in [0.15, 0.2) is 0 Å². The van der Waals surface area contributed by atoms with Gasteiger partial charge in [0.1, 0.15) is 0 Å². The third-order valence-electron chi connectivity index (χ3n) is 4.11. The predicted molar refractivity (Wildman–Crippen MR) is 76.2 cm³/mol. The van der Waals surface area contributed by atoms with E-state index in [0.717, 1.165) is 24.0 Å². The minimum Gasteiger partial charge on any atom is -0.396 e. The van der Waals surface area contributed by atoms with Crippen LogP contribution in [-0.4, -0.2) is 35.1 Å². The third kappa shape index (κ3) is 2.98. The van der Waals surface area contributed by atoms with E-state index in [9.17, 15) is 9.90 Å². The number of hydrogen-bond donors (Lipinski definition) is 1. The standard InChI is InChI=1S/C16H23NO2/c1-11-4-7-15(12(2)8-11)16(19)17-9-14(10-18)6-5-13(17)3/h4,7-8,13-14,18H,5-6,9-10H2,1-3H3. The number of piperidine rings is 1. The lowest BCUT2D eigenvalue weighted by molar-refractivity contribution is 0.0488. The van der Waals surface area contributed by atoms with Crippen LogP contribution in [0.2, 0.25) is 0 Å². The molecular weight excluding hydrogens is 238 g/mol. The van der Waals surface area contributed by atoms with Gasteiger partial charge in [-0.25, -0.2) is 0 Å². The zero-order chi connectivity index (χ0) is 14.0. The van der Waals surface area contributed by atoms with Crippen molar-refractivity contribution < 1.29 is 9.90 Å². The maximum atomic E-state index is 12.6. The van der Waals surface area contributed by atoms with E-state index in [-0.39, 0.29) is 24.5 Å². The highest BCUT2D eigenvalue weighted by Gasteiger charge is 2.29. The van der Waals surface area contributed by atoms with Gasteiger partial charge in [-0.05, 0) is 51.2 Å². The molecule has 1 aliphatic heterocycles. The molecule has 2 unspecified atom stereocenters. The average molecular weight is 261 g/mol. The highest BCUT2D eigenvalue weighted by molar-refractivity contribution is 5.96. The van der Waals surface area contributed by atoms with E-state index in [2.05, 4.69) is 6.92 Å². The average Bonchev–Trinajstić information content (AvgIpc) is 2.38. The van der Waals surface area contributed by atoms with Gasteiger partial charge in [-0.1, -0.05) is 17.7 Å². The molecule has 0 spiro atoms. The predicted octanol–water partition coefficient (Wildman–Crippen LogP) is 2.54. The number of benzene rings is 1. The second kappa shape index (κ2) is 5.74. The number of rotatable bonds is 2. The van der Waals surface area contributed by atoms with Crippen LogP contribution in [0.15, 0.2) is 18.2 Å². The Morgan fingerprint density at radius 3 is 2.74 bits per heavy atom. The van der Waals surface area contributed by atoms with Gasteiger partial charge in [-0.2, -0.15) is 0 Å². The van der Waals surface area contributed by atoms with E-state index in [1.54, 1.807) is 0 Å². The quantitative estimate of drug-likeness (QED) is 0.888. The van der Waals surface area contributed by atoms with Crippen molar-refractivity contribution >= 4 is 5.91 Å². The lowest BCUT2D eigenvalue weighted by atomic mass is 9.93. The number of aliphatic hydroxyl groups is 1. The molecule has 2 atom stereocenters. The van der Waals surface area contributed by atoms with Crippen molar-refractivity contribution in [2.75, 3.05) is 13.2 Å². The molecule has 1 aromatic carbocycles. The second-order valence-electron chi connectivity index (χ2n) is 5.75. The topological polar surface area (TPSA) is 40.5 Å². The summed E-state index contributed by atoms with van der Waals surface area (Å²) in [5.41, 5.74) is 2.99. The molecule has 0 bridgehead atoms. The number of aryl methyl sites for hydroxylation is 2. The summed E-state index contributed by atoms with van der Waals surface area (Å²) in [4.78, 5) is 14.6. The molecule has 0 aliphatic carbocycles. The molecule has 1 aromatic rings. The van der Waals surface area contributed by atoms with Crippen LogP contribution in [0.25, 0.3) is 0 Å². The third-order valence-corrected chi connectivity index (χ3v) is 4.11. The molecule has 0 radical (unpaired) electrons. The normalized spacial score (nSPS) is 23.5. The Hall–Kier alpha value is -1.35. The monoisotopic (exact) mass is 261 g/mol. The minimum atomic E-state index is 0.100. The molecule has 1 fully saturated rings. The minimum absolute atomic E-state index is 0.100. The molecule has 1 saturated heterocycles. The Bertz CT molecular complexity index is 470. The van der Waals surface area contributed by atoms with E-state index in [0.29, 0.717) is 6.54 Å². The number of nitrogens with zero attached hydrogens (tertiary/aromatic N) is 1. The lowest BCUT2D eigenvalue weighted by Crippen LogP contribution is -2.46. The zero-order valence-electron chi connectivity index (χ0n) is 12.0. The Morgan fingerprint density at radius 2 is 2.11 bits per heavy atom. The molecule has 1 N–H and O–H groups in total. The number of carbonyl (C=O) groups is 1. The fraction of sp³-hybridized carbons (Fsp3) is 0.562. The van der Waals surface area contributed by atoms with Crippen molar-refractivity contribution in [1.29, 1.82) is 0 Å². The molecule has 104 valence electrons. The van der Waals surface area contributed by atoms with Crippen molar-refractivity contribution in [2.24, 2.45) is 5.92 Å². The Morgan fingerprint density at radius 1 is 1.37 bits per heavy atom. The highest BCUT2D eigenvalue weighted by Crippen LogP contribution is 2.24. The summed E-state index contributed by atoms with van der Waals surface area (Å²) in [5.74, 6) is 0.328. The van der Waals surface area contributed by atoms with Gasteiger partial charge in [0.05, 0.1) is 0 Å². The van der Waals surface area contributed by atoms with Crippen LogP contribution in [0.4, 0.5) is 0 Å². The van der Waals surface area contributed by atoms with Gasteiger partial charge in [0.25, 0.3) is 5.91 Å². The molecular formula is C16H23NO2. The van der Waals surface area contributed by atoms with E-state index in [1.807, 2.05) is 36.9 Å². The number of aliphatic hydroxyl groups excluding tert-OH is 1. The maximum absolute atomic E-state index is 12.6. The number of likely N-dealkylation sites (tertiary alicyclic amines) is 1. The van der Waals surface area contributed by atoms with Crippen molar-refractivity contribution in [3.05, 3.63) is 34.9 Å². The summed E-state index contributed by atoms with van der Waals surface area (Å²) in [6, 6.07) is 6.21. The van der Waals surface area contributed by atoms with Gasteiger partial charge >= 0.3 is 0 Å². The molecule has 1 heterocycles. The molecule has 2 rings (SSSR count). The first kappa shape index (κ1) is 14.1. The van der Waals surface area contributed by atoms with Crippen LogP contribution in [0, 0.1) is 19.8 Å². The van der Waals surface area contributed by atoms with Crippen LogP contribution in [-0.2, 0) is 0 Å². The van der Waals surface area contributed by atoms with Gasteiger partial charge in [0, 0.05) is 24.8 Å². The van der Waals surface area contributed by atoms with Crippen molar-refractivity contribution in [3.63, 3.8) is 0 Å². The summed E-state index contributed by atoms with van der Waals surface area (Å²) < 4.78 is 0. The van der Waals surface area contributed by atoms with E-state index >= 15 is 0 Å². The molecule has 1 amide bonds. The van der Waals surface area contributed by atoms with Crippen molar-refractivity contribution in [2.45, 2.75) is 39.7 Å². The lowest BCUT2D eigenvalue weighted by Gasteiger charge is -2.37. The van der Waals surface area contributed by atoms with Gasteiger partial charge in [-0.15, -0.1) is 0 Å².